The van der Waals surface area contributed by atoms with Crippen LogP contribution in [0.5, 0.6) is 0 Å². The number of nitrogens with zero attached hydrogens (tertiary/aromatic N) is 4. The Labute approximate surface area is 142 Å². The van der Waals surface area contributed by atoms with Gasteiger partial charge in [0.15, 0.2) is 0 Å². The molecule has 1 N–H and O–H groups in total. The predicted octanol–water partition coefficient (Wildman–Crippen LogP) is 2.36. The summed E-state index contributed by atoms with van der Waals surface area (Å²) in [5.74, 6) is 2.17. The number of nitrogens with one attached hydrogen (secondary N) is 1. The number of anilines is 1. The first kappa shape index (κ1) is 16.6. The molecule has 1 amide bonds. The number of benzene rings is 1. The van der Waals surface area contributed by atoms with Crippen molar-refractivity contribution in [3.05, 3.63) is 41.5 Å². The Morgan fingerprint density at radius 1 is 1.21 bits per heavy atom. The van der Waals surface area contributed by atoms with E-state index in [1.807, 2.05) is 28.6 Å². The molecule has 128 valence electrons. The van der Waals surface area contributed by atoms with Gasteiger partial charge < -0.3 is 14.8 Å². The van der Waals surface area contributed by atoms with E-state index in [-0.39, 0.29) is 11.9 Å². The quantitative estimate of drug-likeness (QED) is 0.885. The summed E-state index contributed by atoms with van der Waals surface area (Å²) in [7, 11) is 2.00. The van der Waals surface area contributed by atoms with Crippen LogP contribution in [-0.4, -0.2) is 27.2 Å². The molecule has 0 spiro atoms. The lowest BCUT2D eigenvalue weighted by molar-refractivity contribution is -0.117. The summed E-state index contributed by atoms with van der Waals surface area (Å²) >= 11 is 0. The van der Waals surface area contributed by atoms with E-state index in [1.165, 1.54) is 5.56 Å². The first-order valence-electron chi connectivity index (χ1n) is 8.61. The molecule has 1 unspecified atom stereocenters. The molecule has 3 rings (SSSR count). The van der Waals surface area contributed by atoms with E-state index in [4.69, 9.17) is 0 Å². The smallest absolute Gasteiger partial charge is 0.227 e. The van der Waals surface area contributed by atoms with E-state index < -0.39 is 0 Å². The van der Waals surface area contributed by atoms with E-state index >= 15 is 0 Å². The van der Waals surface area contributed by atoms with Gasteiger partial charge in [0.05, 0.1) is 6.54 Å². The summed E-state index contributed by atoms with van der Waals surface area (Å²) in [6, 6.07) is 8.46. The van der Waals surface area contributed by atoms with E-state index in [9.17, 15) is 4.79 Å². The lowest BCUT2D eigenvalue weighted by atomic mass is 10.1. The summed E-state index contributed by atoms with van der Waals surface area (Å²) in [5, 5.41) is 11.9. The molecule has 0 aliphatic carbocycles. The molecule has 0 radical (unpaired) electrons. The molecule has 1 saturated heterocycles. The fraction of sp³-hybridized carbons (Fsp3) is 0.500. The van der Waals surface area contributed by atoms with Gasteiger partial charge in [-0.25, -0.2) is 0 Å². The van der Waals surface area contributed by atoms with Crippen LogP contribution >= 0.6 is 0 Å². The van der Waals surface area contributed by atoms with Crippen LogP contribution in [0.25, 0.3) is 0 Å². The van der Waals surface area contributed by atoms with Crippen molar-refractivity contribution in [2.24, 2.45) is 7.05 Å². The van der Waals surface area contributed by atoms with Crippen molar-refractivity contribution in [1.29, 1.82) is 0 Å². The zero-order valence-electron chi connectivity index (χ0n) is 14.6. The zero-order valence-corrected chi connectivity index (χ0v) is 14.6. The SMILES string of the molecule is CCc1nnc(CNC(C)c2ccc(N3CCCC3=O)cc2)n1C. The van der Waals surface area contributed by atoms with Crippen LogP contribution in [0.2, 0.25) is 0 Å². The van der Waals surface area contributed by atoms with Gasteiger partial charge in [-0.15, -0.1) is 10.2 Å². The van der Waals surface area contributed by atoms with Gasteiger partial charge in [0.2, 0.25) is 5.91 Å². The second-order valence-corrected chi connectivity index (χ2v) is 6.29. The lowest BCUT2D eigenvalue weighted by Crippen LogP contribution is -2.24. The minimum Gasteiger partial charge on any atom is -0.317 e. The Bertz CT molecular complexity index is 707. The highest BCUT2D eigenvalue weighted by atomic mass is 16.2. The van der Waals surface area contributed by atoms with Crippen LogP contribution in [0.15, 0.2) is 24.3 Å². The topological polar surface area (TPSA) is 63.1 Å². The number of amides is 1. The largest absolute Gasteiger partial charge is 0.317 e. The van der Waals surface area contributed by atoms with Gasteiger partial charge in [0, 0.05) is 38.2 Å². The Morgan fingerprint density at radius 3 is 2.50 bits per heavy atom. The van der Waals surface area contributed by atoms with Crippen LogP contribution in [0, 0.1) is 0 Å². The Balaban J connectivity index is 1.61. The maximum absolute atomic E-state index is 11.8. The highest BCUT2D eigenvalue weighted by Gasteiger charge is 2.21. The van der Waals surface area contributed by atoms with Gasteiger partial charge in [-0.05, 0) is 31.0 Å². The van der Waals surface area contributed by atoms with E-state index in [0.717, 1.165) is 36.7 Å². The third-order valence-corrected chi connectivity index (χ3v) is 4.72. The van der Waals surface area contributed by atoms with Crippen LogP contribution in [0.3, 0.4) is 0 Å². The molecule has 1 atom stereocenters. The Kier molecular flexibility index (Phi) is 4.94. The molecule has 0 bridgehead atoms. The lowest BCUT2D eigenvalue weighted by Gasteiger charge is -2.18. The van der Waals surface area contributed by atoms with Crippen molar-refractivity contribution in [3.63, 3.8) is 0 Å². The van der Waals surface area contributed by atoms with Crippen LogP contribution in [0.4, 0.5) is 5.69 Å². The fourth-order valence-corrected chi connectivity index (χ4v) is 3.09. The van der Waals surface area contributed by atoms with Crippen molar-refractivity contribution < 1.29 is 4.79 Å². The molecular weight excluding hydrogens is 302 g/mol. The molecule has 1 aromatic heterocycles. The monoisotopic (exact) mass is 327 g/mol. The molecule has 1 fully saturated rings. The zero-order chi connectivity index (χ0) is 17.1. The third-order valence-electron chi connectivity index (χ3n) is 4.72. The van der Waals surface area contributed by atoms with Crippen molar-refractivity contribution in [2.45, 2.75) is 45.7 Å². The molecule has 0 saturated carbocycles. The minimum atomic E-state index is 0.204. The number of aromatic nitrogens is 3. The summed E-state index contributed by atoms with van der Waals surface area (Å²) < 4.78 is 2.04. The molecule has 1 aliphatic rings. The standard InChI is InChI=1S/C18H25N5O/c1-4-16-20-21-17(22(16)3)12-19-13(2)14-7-9-15(10-8-14)23-11-5-6-18(23)24/h7-10,13,19H,4-6,11-12H2,1-3H3. The number of rotatable bonds is 6. The minimum absolute atomic E-state index is 0.204. The summed E-state index contributed by atoms with van der Waals surface area (Å²) in [6.45, 7) is 5.72. The van der Waals surface area contributed by atoms with Gasteiger partial charge in [-0.2, -0.15) is 0 Å². The number of hydrogen-bond acceptors (Lipinski definition) is 4. The van der Waals surface area contributed by atoms with Crippen LogP contribution < -0.4 is 10.2 Å². The summed E-state index contributed by atoms with van der Waals surface area (Å²) in [6.07, 6.45) is 2.50. The van der Waals surface area contributed by atoms with Crippen LogP contribution in [-0.2, 0) is 24.8 Å². The van der Waals surface area contributed by atoms with Gasteiger partial charge in [-0.3, -0.25) is 4.79 Å². The van der Waals surface area contributed by atoms with E-state index in [0.29, 0.717) is 13.0 Å². The van der Waals surface area contributed by atoms with Gasteiger partial charge in [-0.1, -0.05) is 19.1 Å². The normalized spacial score (nSPS) is 16.0. The van der Waals surface area contributed by atoms with Crippen molar-refractivity contribution in [2.75, 3.05) is 11.4 Å². The highest BCUT2D eigenvalue weighted by molar-refractivity contribution is 5.95. The molecule has 6 nitrogen and oxygen atoms in total. The number of carbonyl (C=O) groups is 1. The van der Waals surface area contributed by atoms with Crippen molar-refractivity contribution in [1.82, 2.24) is 20.1 Å². The molecule has 1 aromatic carbocycles. The second-order valence-electron chi connectivity index (χ2n) is 6.29. The van der Waals surface area contributed by atoms with Crippen molar-refractivity contribution >= 4 is 11.6 Å². The molecule has 1 aliphatic heterocycles. The summed E-state index contributed by atoms with van der Waals surface area (Å²) in [4.78, 5) is 13.7. The highest BCUT2D eigenvalue weighted by Crippen LogP contribution is 2.23. The van der Waals surface area contributed by atoms with E-state index in [2.05, 4.69) is 41.5 Å². The summed E-state index contributed by atoms with van der Waals surface area (Å²) in [5.41, 5.74) is 2.19. The molecule has 24 heavy (non-hydrogen) atoms. The average Bonchev–Trinajstić information content (AvgIpc) is 3.18. The first-order valence-corrected chi connectivity index (χ1v) is 8.61. The predicted molar refractivity (Wildman–Crippen MR) is 93.7 cm³/mol. The third kappa shape index (κ3) is 3.33. The van der Waals surface area contributed by atoms with E-state index in [1.54, 1.807) is 0 Å². The van der Waals surface area contributed by atoms with Gasteiger partial charge in [0.25, 0.3) is 0 Å². The van der Waals surface area contributed by atoms with Gasteiger partial charge >= 0.3 is 0 Å². The second kappa shape index (κ2) is 7.13. The Hall–Kier alpha value is -2.21. The fourth-order valence-electron chi connectivity index (χ4n) is 3.09. The number of hydrogen-bond donors (Lipinski definition) is 1. The molecular formula is C18H25N5O. The average molecular weight is 327 g/mol. The maximum atomic E-state index is 11.8. The Morgan fingerprint density at radius 2 is 1.92 bits per heavy atom. The van der Waals surface area contributed by atoms with Gasteiger partial charge in [0.1, 0.15) is 11.6 Å². The molecule has 2 heterocycles. The molecule has 6 heteroatoms. The number of carbonyl (C=O) groups excluding carboxylic acids is 1. The molecule has 2 aromatic rings. The maximum Gasteiger partial charge on any atom is 0.227 e. The number of aryl methyl sites for hydroxylation is 1. The first-order chi connectivity index (χ1) is 11.6. The van der Waals surface area contributed by atoms with Crippen molar-refractivity contribution in [3.8, 4) is 0 Å². The van der Waals surface area contributed by atoms with Crippen LogP contribution in [0.1, 0.15) is 49.9 Å².